The van der Waals surface area contributed by atoms with Crippen LogP contribution in [-0.4, -0.2) is 41.8 Å². The van der Waals surface area contributed by atoms with Crippen LogP contribution in [0.1, 0.15) is 44.1 Å². The van der Waals surface area contributed by atoms with Crippen molar-refractivity contribution >= 4 is 0 Å². The van der Waals surface area contributed by atoms with Gasteiger partial charge in [0.25, 0.3) is 0 Å². The fourth-order valence-electron chi connectivity index (χ4n) is 3.89. The van der Waals surface area contributed by atoms with Gasteiger partial charge in [0.05, 0.1) is 18.8 Å². The Morgan fingerprint density at radius 3 is 2.68 bits per heavy atom. The second-order valence-corrected chi connectivity index (χ2v) is 7.18. The van der Waals surface area contributed by atoms with Crippen molar-refractivity contribution in [1.29, 1.82) is 0 Å². The number of β-amino-alcohol motifs (C(OH)–C–C–N with tert-alkyl or cyclic N) is 1. The van der Waals surface area contributed by atoms with E-state index in [0.29, 0.717) is 12.5 Å². The van der Waals surface area contributed by atoms with Crippen molar-refractivity contribution in [3.8, 4) is 0 Å². The summed E-state index contributed by atoms with van der Waals surface area (Å²) in [4.78, 5) is 2.45. The van der Waals surface area contributed by atoms with Gasteiger partial charge in [-0.1, -0.05) is 49.6 Å². The van der Waals surface area contributed by atoms with E-state index in [0.717, 1.165) is 39.1 Å². The van der Waals surface area contributed by atoms with E-state index < -0.39 is 5.60 Å². The first-order chi connectivity index (χ1) is 10.7. The fraction of sp³-hybridized carbons (Fsp3) is 0.684. The molecule has 3 heteroatoms. The number of nitrogens with zero attached hydrogens (tertiary/aromatic N) is 1. The topological polar surface area (TPSA) is 32.7 Å². The quantitative estimate of drug-likeness (QED) is 0.876. The summed E-state index contributed by atoms with van der Waals surface area (Å²) in [6, 6.07) is 10.4. The van der Waals surface area contributed by atoms with Crippen molar-refractivity contribution in [1.82, 2.24) is 4.90 Å². The summed E-state index contributed by atoms with van der Waals surface area (Å²) in [5.41, 5.74) is 0.826. The molecule has 1 atom stereocenters. The van der Waals surface area contributed by atoms with Gasteiger partial charge in [-0.15, -0.1) is 0 Å². The predicted molar refractivity (Wildman–Crippen MR) is 88.7 cm³/mol. The molecule has 0 amide bonds. The molecule has 22 heavy (non-hydrogen) atoms. The normalized spacial score (nSPS) is 25.4. The maximum absolute atomic E-state index is 10.7. The van der Waals surface area contributed by atoms with Crippen LogP contribution in [0.15, 0.2) is 30.3 Å². The van der Waals surface area contributed by atoms with Crippen molar-refractivity contribution in [2.75, 3.05) is 26.2 Å². The summed E-state index contributed by atoms with van der Waals surface area (Å²) < 4.78 is 5.88. The van der Waals surface area contributed by atoms with E-state index in [1.807, 2.05) is 6.07 Å². The standard InChI is InChI=1S/C19H29NO2/c21-19(10-5-2-6-11-19)16-20-12-9-18(13-20)15-22-14-17-7-3-1-4-8-17/h1,3-4,7-8,18,21H,2,5-6,9-16H2. The third kappa shape index (κ3) is 4.55. The van der Waals surface area contributed by atoms with Gasteiger partial charge < -0.3 is 14.7 Å². The zero-order chi connectivity index (χ0) is 15.3. The van der Waals surface area contributed by atoms with Crippen molar-refractivity contribution < 1.29 is 9.84 Å². The maximum Gasteiger partial charge on any atom is 0.0774 e. The van der Waals surface area contributed by atoms with E-state index in [1.165, 1.54) is 31.2 Å². The molecule has 1 aliphatic carbocycles. The molecule has 2 fully saturated rings. The summed E-state index contributed by atoms with van der Waals surface area (Å²) >= 11 is 0. The molecule has 1 unspecified atom stereocenters. The highest BCUT2D eigenvalue weighted by Crippen LogP contribution is 2.30. The maximum atomic E-state index is 10.7. The lowest BCUT2D eigenvalue weighted by molar-refractivity contribution is -0.0230. The first kappa shape index (κ1) is 16.0. The largest absolute Gasteiger partial charge is 0.389 e. The zero-order valence-electron chi connectivity index (χ0n) is 13.5. The lowest BCUT2D eigenvalue weighted by Gasteiger charge is -2.35. The summed E-state index contributed by atoms with van der Waals surface area (Å²) in [5.74, 6) is 0.621. The molecule has 1 saturated heterocycles. The van der Waals surface area contributed by atoms with Crippen LogP contribution in [0.4, 0.5) is 0 Å². The number of likely N-dealkylation sites (tertiary alicyclic amines) is 1. The molecule has 1 aromatic rings. The van der Waals surface area contributed by atoms with E-state index in [2.05, 4.69) is 29.2 Å². The summed E-state index contributed by atoms with van der Waals surface area (Å²) in [6.45, 7) is 4.60. The number of hydrogen-bond acceptors (Lipinski definition) is 3. The molecular formula is C19H29NO2. The van der Waals surface area contributed by atoms with Gasteiger partial charge in [0.1, 0.15) is 0 Å². The van der Waals surface area contributed by atoms with Crippen LogP contribution in [0, 0.1) is 5.92 Å². The minimum absolute atomic E-state index is 0.419. The van der Waals surface area contributed by atoms with Crippen LogP contribution >= 0.6 is 0 Å². The minimum Gasteiger partial charge on any atom is -0.389 e. The van der Waals surface area contributed by atoms with Crippen LogP contribution in [0.2, 0.25) is 0 Å². The van der Waals surface area contributed by atoms with E-state index in [4.69, 9.17) is 4.74 Å². The smallest absolute Gasteiger partial charge is 0.0774 e. The van der Waals surface area contributed by atoms with Crippen LogP contribution in [0.5, 0.6) is 0 Å². The molecule has 1 saturated carbocycles. The average molecular weight is 303 g/mol. The molecule has 0 spiro atoms. The van der Waals surface area contributed by atoms with Crippen molar-refractivity contribution in [2.24, 2.45) is 5.92 Å². The molecule has 0 radical (unpaired) electrons. The van der Waals surface area contributed by atoms with Crippen LogP contribution in [0.25, 0.3) is 0 Å². The highest BCUT2D eigenvalue weighted by molar-refractivity contribution is 5.13. The summed E-state index contributed by atoms with van der Waals surface area (Å²) in [5, 5.41) is 10.7. The molecule has 2 aliphatic rings. The Bertz CT molecular complexity index is 442. The predicted octanol–water partition coefficient (Wildman–Crippen LogP) is 3.22. The Morgan fingerprint density at radius 2 is 1.91 bits per heavy atom. The van der Waals surface area contributed by atoms with E-state index in [9.17, 15) is 5.11 Å². The molecule has 1 heterocycles. The van der Waals surface area contributed by atoms with E-state index in [-0.39, 0.29) is 0 Å². The minimum atomic E-state index is -0.419. The van der Waals surface area contributed by atoms with Crippen molar-refractivity contribution in [3.63, 3.8) is 0 Å². The van der Waals surface area contributed by atoms with Crippen molar-refractivity contribution in [2.45, 2.75) is 50.7 Å². The van der Waals surface area contributed by atoms with E-state index >= 15 is 0 Å². The summed E-state index contributed by atoms with van der Waals surface area (Å²) in [6.07, 6.45) is 6.84. The highest BCUT2D eigenvalue weighted by Gasteiger charge is 2.34. The van der Waals surface area contributed by atoms with Gasteiger partial charge in [-0.2, -0.15) is 0 Å². The van der Waals surface area contributed by atoms with Gasteiger partial charge in [0.15, 0.2) is 0 Å². The van der Waals surface area contributed by atoms with Gasteiger partial charge in [0, 0.05) is 13.1 Å². The van der Waals surface area contributed by atoms with Crippen LogP contribution in [-0.2, 0) is 11.3 Å². The van der Waals surface area contributed by atoms with Crippen LogP contribution in [0.3, 0.4) is 0 Å². The number of aliphatic hydroxyl groups is 1. The van der Waals surface area contributed by atoms with Gasteiger partial charge >= 0.3 is 0 Å². The molecule has 1 aliphatic heterocycles. The molecule has 3 rings (SSSR count). The fourth-order valence-corrected chi connectivity index (χ4v) is 3.89. The second kappa shape index (κ2) is 7.58. The van der Waals surface area contributed by atoms with Gasteiger partial charge in [-0.05, 0) is 37.3 Å². The molecule has 1 N–H and O–H groups in total. The third-order valence-corrected chi connectivity index (χ3v) is 5.14. The number of rotatable bonds is 6. The lowest BCUT2D eigenvalue weighted by atomic mass is 9.84. The molecule has 3 nitrogen and oxygen atoms in total. The number of hydrogen-bond donors (Lipinski definition) is 1. The molecular weight excluding hydrogens is 274 g/mol. The van der Waals surface area contributed by atoms with Gasteiger partial charge in [-0.3, -0.25) is 0 Å². The molecule has 1 aromatic carbocycles. The Labute approximate surface area is 134 Å². The molecule has 122 valence electrons. The Balaban J connectivity index is 1.37. The molecule has 0 bridgehead atoms. The SMILES string of the molecule is OC1(CN2CCC(COCc3ccccc3)C2)CCCCC1. The number of ether oxygens (including phenoxy) is 1. The first-order valence-electron chi connectivity index (χ1n) is 8.80. The van der Waals surface area contributed by atoms with E-state index in [1.54, 1.807) is 0 Å². The summed E-state index contributed by atoms with van der Waals surface area (Å²) in [7, 11) is 0. The Hall–Kier alpha value is -0.900. The molecule has 0 aromatic heterocycles. The third-order valence-electron chi connectivity index (χ3n) is 5.14. The average Bonchev–Trinajstić information content (AvgIpc) is 2.96. The lowest BCUT2D eigenvalue weighted by Crippen LogP contribution is -2.43. The van der Waals surface area contributed by atoms with Crippen LogP contribution < -0.4 is 0 Å². The van der Waals surface area contributed by atoms with Crippen molar-refractivity contribution in [3.05, 3.63) is 35.9 Å². The Morgan fingerprint density at radius 1 is 1.14 bits per heavy atom. The first-order valence-corrected chi connectivity index (χ1v) is 8.80. The zero-order valence-corrected chi connectivity index (χ0v) is 13.5. The second-order valence-electron chi connectivity index (χ2n) is 7.18. The highest BCUT2D eigenvalue weighted by atomic mass is 16.5. The number of benzene rings is 1. The monoisotopic (exact) mass is 303 g/mol. The Kier molecular flexibility index (Phi) is 5.51. The van der Waals surface area contributed by atoms with Gasteiger partial charge in [0.2, 0.25) is 0 Å². The van der Waals surface area contributed by atoms with Gasteiger partial charge in [-0.25, -0.2) is 0 Å².